The van der Waals surface area contributed by atoms with Gasteiger partial charge in [-0.3, -0.25) is 0 Å². The lowest BCUT2D eigenvalue weighted by Crippen LogP contribution is -2.36. The van der Waals surface area contributed by atoms with Crippen LogP contribution in [0.25, 0.3) is 0 Å². The number of rotatable bonds is 2. The Bertz CT molecular complexity index is 747. The molecule has 1 aromatic carbocycles. The molecule has 0 unspecified atom stereocenters. The number of aryl methyl sites for hydroxylation is 2. The van der Waals surface area contributed by atoms with Gasteiger partial charge in [-0.25, -0.2) is 8.42 Å². The van der Waals surface area contributed by atoms with Crippen molar-refractivity contribution in [3.05, 3.63) is 52.8 Å². The molecule has 1 aromatic heterocycles. The second kappa shape index (κ2) is 4.75. The molecule has 4 nitrogen and oxygen atoms in total. The minimum atomic E-state index is -3.42. The van der Waals surface area contributed by atoms with Crippen molar-refractivity contribution in [2.75, 3.05) is 6.54 Å². The Kier molecular flexibility index (Phi) is 3.18. The van der Waals surface area contributed by atoms with Gasteiger partial charge in [0.2, 0.25) is 10.0 Å². The van der Waals surface area contributed by atoms with Gasteiger partial charge in [0.05, 0.1) is 4.90 Å². The van der Waals surface area contributed by atoms with Gasteiger partial charge in [-0.05, 0) is 42.7 Å². The Morgan fingerprint density at radius 2 is 2.00 bits per heavy atom. The van der Waals surface area contributed by atoms with E-state index >= 15 is 0 Å². The Morgan fingerprint density at radius 3 is 2.80 bits per heavy atom. The molecule has 0 saturated heterocycles. The Morgan fingerprint density at radius 1 is 1.20 bits per heavy atom. The number of benzene rings is 1. The van der Waals surface area contributed by atoms with Crippen molar-refractivity contribution in [3.8, 4) is 0 Å². The molecule has 1 aliphatic rings. The first-order valence-corrected chi connectivity index (χ1v) is 8.15. The van der Waals surface area contributed by atoms with Crippen LogP contribution in [-0.2, 0) is 23.0 Å². The molecule has 0 aliphatic carbocycles. The Hall–Kier alpha value is -1.59. The predicted octanol–water partition coefficient (Wildman–Crippen LogP) is 2.38. The van der Waals surface area contributed by atoms with Gasteiger partial charge >= 0.3 is 0 Å². The van der Waals surface area contributed by atoms with Crippen molar-refractivity contribution in [2.24, 2.45) is 0 Å². The van der Waals surface area contributed by atoms with Gasteiger partial charge in [0.1, 0.15) is 0 Å². The van der Waals surface area contributed by atoms with E-state index in [4.69, 9.17) is 0 Å². The number of nitrogens with one attached hydrogen (secondary N) is 1. The predicted molar refractivity (Wildman–Crippen MR) is 78.0 cm³/mol. The SMILES string of the molecule is Cc1ccc(C)c(S(=O)(=O)N2CCc3[nH]ccc3C2)c1. The third kappa shape index (κ3) is 2.17. The van der Waals surface area contributed by atoms with E-state index in [1.165, 1.54) is 0 Å². The topological polar surface area (TPSA) is 53.2 Å². The first-order valence-electron chi connectivity index (χ1n) is 6.71. The zero-order valence-electron chi connectivity index (χ0n) is 11.7. The van der Waals surface area contributed by atoms with E-state index < -0.39 is 10.0 Å². The van der Waals surface area contributed by atoms with Crippen LogP contribution in [0.15, 0.2) is 35.4 Å². The van der Waals surface area contributed by atoms with Gasteiger partial charge < -0.3 is 4.98 Å². The molecule has 5 heteroatoms. The smallest absolute Gasteiger partial charge is 0.243 e. The second-order valence-corrected chi connectivity index (χ2v) is 7.25. The lowest BCUT2D eigenvalue weighted by atomic mass is 10.1. The maximum absolute atomic E-state index is 12.8. The number of hydrogen-bond donors (Lipinski definition) is 1. The van der Waals surface area contributed by atoms with Gasteiger partial charge in [0.25, 0.3) is 0 Å². The number of hydrogen-bond acceptors (Lipinski definition) is 2. The number of H-pyrrole nitrogens is 1. The zero-order chi connectivity index (χ0) is 14.3. The van der Waals surface area contributed by atoms with Crippen LogP contribution in [0.1, 0.15) is 22.4 Å². The molecule has 2 aromatic rings. The van der Waals surface area contributed by atoms with Gasteiger partial charge in [-0.15, -0.1) is 0 Å². The quantitative estimate of drug-likeness (QED) is 0.923. The standard InChI is InChI=1S/C15H18N2O2S/c1-11-3-4-12(2)15(9-11)20(18,19)17-8-6-14-13(10-17)5-7-16-14/h3-5,7,9,16H,6,8,10H2,1-2H3. The molecule has 0 spiro atoms. The van der Waals surface area contributed by atoms with Crippen molar-refractivity contribution < 1.29 is 8.42 Å². The van der Waals surface area contributed by atoms with E-state index in [1.54, 1.807) is 10.4 Å². The van der Waals surface area contributed by atoms with Crippen LogP contribution in [0.5, 0.6) is 0 Å². The third-order valence-electron chi connectivity index (χ3n) is 3.85. The van der Waals surface area contributed by atoms with Crippen LogP contribution in [0.4, 0.5) is 0 Å². The van der Waals surface area contributed by atoms with Gasteiger partial charge in [-0.2, -0.15) is 4.31 Å². The van der Waals surface area contributed by atoms with E-state index in [1.807, 2.05) is 38.2 Å². The molecule has 0 bridgehead atoms. The monoisotopic (exact) mass is 290 g/mol. The van der Waals surface area contributed by atoms with Gasteiger partial charge in [0, 0.05) is 31.4 Å². The molecule has 0 amide bonds. The maximum Gasteiger partial charge on any atom is 0.243 e. The van der Waals surface area contributed by atoms with E-state index in [0.29, 0.717) is 18.0 Å². The highest BCUT2D eigenvalue weighted by Gasteiger charge is 2.29. The molecular formula is C15H18N2O2S. The molecule has 0 fully saturated rings. The first-order chi connectivity index (χ1) is 9.48. The zero-order valence-corrected chi connectivity index (χ0v) is 12.5. The molecule has 1 aliphatic heterocycles. The van der Waals surface area contributed by atoms with Crippen molar-refractivity contribution in [3.63, 3.8) is 0 Å². The van der Waals surface area contributed by atoms with Crippen LogP contribution >= 0.6 is 0 Å². The van der Waals surface area contributed by atoms with Gasteiger partial charge in [-0.1, -0.05) is 12.1 Å². The van der Waals surface area contributed by atoms with Crippen LogP contribution in [0, 0.1) is 13.8 Å². The molecule has 1 N–H and O–H groups in total. The summed E-state index contributed by atoms with van der Waals surface area (Å²) in [5, 5.41) is 0. The minimum absolute atomic E-state index is 0.427. The number of aromatic amines is 1. The summed E-state index contributed by atoms with van der Waals surface area (Å²) in [6.45, 7) is 4.74. The number of aromatic nitrogens is 1. The fourth-order valence-corrected chi connectivity index (χ4v) is 4.38. The summed E-state index contributed by atoms with van der Waals surface area (Å²) in [6, 6.07) is 7.53. The number of sulfonamides is 1. The molecule has 2 heterocycles. The molecule has 20 heavy (non-hydrogen) atoms. The number of nitrogens with zero attached hydrogens (tertiary/aromatic N) is 1. The van der Waals surface area contributed by atoms with Crippen LogP contribution in [0.3, 0.4) is 0 Å². The molecule has 3 rings (SSSR count). The largest absolute Gasteiger partial charge is 0.365 e. The normalized spacial score (nSPS) is 16.1. The Balaban J connectivity index is 1.99. The average Bonchev–Trinajstić information content (AvgIpc) is 2.88. The van der Waals surface area contributed by atoms with E-state index in [9.17, 15) is 8.42 Å². The molecule has 0 radical (unpaired) electrons. The maximum atomic E-state index is 12.8. The van der Waals surface area contributed by atoms with Gasteiger partial charge in [0.15, 0.2) is 0 Å². The lowest BCUT2D eigenvalue weighted by Gasteiger charge is -2.27. The second-order valence-electron chi connectivity index (χ2n) is 5.34. The average molecular weight is 290 g/mol. The van der Waals surface area contributed by atoms with E-state index in [-0.39, 0.29) is 0 Å². The summed E-state index contributed by atoms with van der Waals surface area (Å²) >= 11 is 0. The fourth-order valence-electron chi connectivity index (χ4n) is 2.65. The van der Waals surface area contributed by atoms with Crippen molar-refractivity contribution in [2.45, 2.75) is 31.7 Å². The summed E-state index contributed by atoms with van der Waals surface area (Å²) in [5.41, 5.74) is 3.99. The summed E-state index contributed by atoms with van der Waals surface area (Å²) in [7, 11) is -3.42. The highest BCUT2D eigenvalue weighted by Crippen LogP contribution is 2.26. The summed E-state index contributed by atoms with van der Waals surface area (Å²) < 4.78 is 27.2. The minimum Gasteiger partial charge on any atom is -0.365 e. The highest BCUT2D eigenvalue weighted by atomic mass is 32.2. The summed E-state index contributed by atoms with van der Waals surface area (Å²) in [5.74, 6) is 0. The lowest BCUT2D eigenvalue weighted by molar-refractivity contribution is 0.389. The summed E-state index contributed by atoms with van der Waals surface area (Å²) in [6.07, 6.45) is 2.62. The third-order valence-corrected chi connectivity index (χ3v) is 5.84. The molecular weight excluding hydrogens is 272 g/mol. The van der Waals surface area contributed by atoms with Crippen LogP contribution in [0.2, 0.25) is 0 Å². The number of fused-ring (bicyclic) bond motifs is 1. The first kappa shape index (κ1) is 13.4. The molecule has 0 atom stereocenters. The van der Waals surface area contributed by atoms with E-state index in [0.717, 1.165) is 28.8 Å². The van der Waals surface area contributed by atoms with Crippen LogP contribution in [-0.4, -0.2) is 24.3 Å². The van der Waals surface area contributed by atoms with Crippen molar-refractivity contribution in [1.82, 2.24) is 9.29 Å². The molecule has 0 saturated carbocycles. The molecule has 106 valence electrons. The van der Waals surface area contributed by atoms with E-state index in [2.05, 4.69) is 4.98 Å². The Labute approximate surface area is 119 Å². The van der Waals surface area contributed by atoms with Crippen molar-refractivity contribution >= 4 is 10.0 Å². The van der Waals surface area contributed by atoms with Crippen molar-refractivity contribution in [1.29, 1.82) is 0 Å². The fraction of sp³-hybridized carbons (Fsp3) is 0.333. The summed E-state index contributed by atoms with van der Waals surface area (Å²) in [4.78, 5) is 3.60. The van der Waals surface area contributed by atoms with Crippen LogP contribution < -0.4 is 0 Å². The highest BCUT2D eigenvalue weighted by molar-refractivity contribution is 7.89.